The molecule has 19 heavy (non-hydrogen) atoms. The molecule has 3 rings (SSSR count). The molecule has 1 saturated carbocycles. The zero-order chi connectivity index (χ0) is 13.2. The number of ether oxygens (including phenoxy) is 1. The van der Waals surface area contributed by atoms with Crippen molar-refractivity contribution in [1.82, 2.24) is 15.3 Å². The number of aryl methyl sites for hydroxylation is 1. The summed E-state index contributed by atoms with van der Waals surface area (Å²) < 4.78 is 5.75. The average Bonchev–Trinajstić information content (AvgIpc) is 2.90. The van der Waals surface area contributed by atoms with Gasteiger partial charge < -0.3 is 10.1 Å². The number of aromatic nitrogens is 2. The Hall–Kier alpha value is -1.00. The van der Waals surface area contributed by atoms with E-state index < -0.39 is 0 Å². The van der Waals surface area contributed by atoms with Gasteiger partial charge in [-0.2, -0.15) is 0 Å². The second kappa shape index (κ2) is 5.55. The number of fused-ring (bicyclic) bond motifs is 1. The smallest absolute Gasteiger partial charge is 0.157 e. The molecular weight excluding hydrogens is 238 g/mol. The molecule has 1 unspecified atom stereocenters. The van der Waals surface area contributed by atoms with Crippen LogP contribution < -0.4 is 5.32 Å². The molecule has 0 amide bonds. The SMILES string of the molecule is COC(c1nc(C)c2c(n1)CNC2)C1CCCCC1. The van der Waals surface area contributed by atoms with Crippen LogP contribution in [0.1, 0.15) is 61.0 Å². The van der Waals surface area contributed by atoms with Crippen LogP contribution in [0.4, 0.5) is 0 Å². The highest BCUT2D eigenvalue weighted by Crippen LogP contribution is 2.35. The molecule has 1 aliphatic heterocycles. The van der Waals surface area contributed by atoms with Crippen LogP contribution in [0, 0.1) is 12.8 Å². The summed E-state index contributed by atoms with van der Waals surface area (Å²) in [5.74, 6) is 1.49. The van der Waals surface area contributed by atoms with Gasteiger partial charge in [-0.15, -0.1) is 0 Å². The van der Waals surface area contributed by atoms with Crippen molar-refractivity contribution in [3.05, 3.63) is 22.8 Å². The van der Waals surface area contributed by atoms with E-state index in [0.717, 1.165) is 24.6 Å². The van der Waals surface area contributed by atoms with Crippen LogP contribution in [-0.4, -0.2) is 17.1 Å². The van der Waals surface area contributed by atoms with Gasteiger partial charge in [-0.25, -0.2) is 9.97 Å². The third kappa shape index (κ3) is 2.51. The lowest BCUT2D eigenvalue weighted by molar-refractivity contribution is 0.0286. The van der Waals surface area contributed by atoms with Crippen molar-refractivity contribution in [2.24, 2.45) is 5.92 Å². The predicted molar refractivity (Wildman–Crippen MR) is 73.6 cm³/mol. The van der Waals surface area contributed by atoms with Crippen LogP contribution in [0.25, 0.3) is 0 Å². The van der Waals surface area contributed by atoms with Gasteiger partial charge in [0.05, 0.1) is 5.69 Å². The molecule has 1 atom stereocenters. The number of nitrogens with one attached hydrogen (secondary N) is 1. The average molecular weight is 261 g/mol. The fraction of sp³-hybridized carbons (Fsp3) is 0.733. The molecule has 1 aromatic rings. The van der Waals surface area contributed by atoms with E-state index >= 15 is 0 Å². The fourth-order valence-electron chi connectivity index (χ4n) is 3.43. The van der Waals surface area contributed by atoms with Crippen LogP contribution >= 0.6 is 0 Å². The monoisotopic (exact) mass is 261 g/mol. The minimum Gasteiger partial charge on any atom is -0.373 e. The first kappa shape index (κ1) is 13.0. The van der Waals surface area contributed by atoms with Crippen molar-refractivity contribution in [1.29, 1.82) is 0 Å². The summed E-state index contributed by atoms with van der Waals surface area (Å²) in [5, 5.41) is 3.35. The van der Waals surface area contributed by atoms with Crippen LogP contribution in [0.2, 0.25) is 0 Å². The van der Waals surface area contributed by atoms with Gasteiger partial charge >= 0.3 is 0 Å². The molecule has 104 valence electrons. The zero-order valence-electron chi connectivity index (χ0n) is 11.9. The molecule has 2 heterocycles. The highest BCUT2D eigenvalue weighted by molar-refractivity contribution is 5.28. The van der Waals surface area contributed by atoms with Gasteiger partial charge in [-0.3, -0.25) is 0 Å². The van der Waals surface area contributed by atoms with Crippen molar-refractivity contribution >= 4 is 0 Å². The Morgan fingerprint density at radius 2 is 1.95 bits per heavy atom. The quantitative estimate of drug-likeness (QED) is 0.908. The van der Waals surface area contributed by atoms with Crippen LogP contribution in [0.3, 0.4) is 0 Å². The van der Waals surface area contributed by atoms with Crippen molar-refractivity contribution in [3.63, 3.8) is 0 Å². The molecule has 2 aliphatic rings. The summed E-state index contributed by atoms with van der Waals surface area (Å²) in [6, 6.07) is 0. The molecule has 1 aliphatic carbocycles. The highest BCUT2D eigenvalue weighted by atomic mass is 16.5. The van der Waals surface area contributed by atoms with Gasteiger partial charge in [0, 0.05) is 31.5 Å². The molecule has 0 aromatic carbocycles. The largest absolute Gasteiger partial charge is 0.373 e. The molecular formula is C15H23N3O. The molecule has 1 aromatic heterocycles. The summed E-state index contributed by atoms with van der Waals surface area (Å²) in [5.41, 5.74) is 3.56. The number of methoxy groups -OCH3 is 1. The first-order valence-electron chi connectivity index (χ1n) is 7.39. The lowest BCUT2D eigenvalue weighted by Gasteiger charge is -2.28. The normalized spacial score (nSPS) is 21.4. The van der Waals surface area contributed by atoms with E-state index in [0.29, 0.717) is 5.92 Å². The predicted octanol–water partition coefficient (Wildman–Crippen LogP) is 2.66. The van der Waals surface area contributed by atoms with Gasteiger partial charge in [0.25, 0.3) is 0 Å². The molecule has 1 N–H and O–H groups in total. The molecule has 0 bridgehead atoms. The number of hydrogen-bond acceptors (Lipinski definition) is 4. The second-order valence-electron chi connectivity index (χ2n) is 5.75. The first-order valence-corrected chi connectivity index (χ1v) is 7.39. The van der Waals surface area contributed by atoms with Gasteiger partial charge in [0.1, 0.15) is 6.10 Å². The Kier molecular flexibility index (Phi) is 3.80. The van der Waals surface area contributed by atoms with Crippen molar-refractivity contribution in [3.8, 4) is 0 Å². The maximum absolute atomic E-state index is 5.75. The number of rotatable bonds is 3. The van der Waals surface area contributed by atoms with E-state index in [2.05, 4.69) is 12.2 Å². The summed E-state index contributed by atoms with van der Waals surface area (Å²) in [7, 11) is 1.80. The number of hydrogen-bond donors (Lipinski definition) is 1. The lowest BCUT2D eigenvalue weighted by Crippen LogP contribution is -2.21. The number of nitrogens with zero attached hydrogens (tertiary/aromatic N) is 2. The third-order valence-electron chi connectivity index (χ3n) is 4.50. The minimum absolute atomic E-state index is 0.0740. The lowest BCUT2D eigenvalue weighted by atomic mass is 9.85. The zero-order valence-corrected chi connectivity index (χ0v) is 11.9. The van der Waals surface area contributed by atoms with Gasteiger partial charge in [0.15, 0.2) is 5.82 Å². The second-order valence-corrected chi connectivity index (χ2v) is 5.75. The molecule has 4 nitrogen and oxygen atoms in total. The topological polar surface area (TPSA) is 47.0 Å². The molecule has 0 spiro atoms. The molecule has 0 radical (unpaired) electrons. The van der Waals surface area contributed by atoms with Crippen molar-refractivity contribution in [2.75, 3.05) is 7.11 Å². The summed E-state index contributed by atoms with van der Waals surface area (Å²) >= 11 is 0. The van der Waals surface area contributed by atoms with Gasteiger partial charge in [-0.1, -0.05) is 19.3 Å². The Balaban J connectivity index is 1.88. The Morgan fingerprint density at radius 1 is 1.16 bits per heavy atom. The van der Waals surface area contributed by atoms with Crippen LogP contribution in [-0.2, 0) is 17.8 Å². The van der Waals surface area contributed by atoms with Gasteiger partial charge in [0.2, 0.25) is 0 Å². The first-order chi connectivity index (χ1) is 9.29. The fourth-order valence-corrected chi connectivity index (χ4v) is 3.43. The van der Waals surface area contributed by atoms with E-state index in [1.165, 1.54) is 43.4 Å². The Labute approximate surface area is 115 Å². The molecule has 4 heteroatoms. The van der Waals surface area contributed by atoms with Crippen molar-refractivity contribution < 1.29 is 4.74 Å². The summed E-state index contributed by atoms with van der Waals surface area (Å²) in [6.45, 7) is 3.86. The van der Waals surface area contributed by atoms with Crippen LogP contribution in [0.15, 0.2) is 0 Å². The highest BCUT2D eigenvalue weighted by Gasteiger charge is 2.29. The third-order valence-corrected chi connectivity index (χ3v) is 4.50. The minimum atomic E-state index is 0.0740. The van der Waals surface area contributed by atoms with Gasteiger partial charge in [-0.05, 0) is 25.7 Å². The maximum atomic E-state index is 5.75. The Morgan fingerprint density at radius 3 is 2.68 bits per heavy atom. The maximum Gasteiger partial charge on any atom is 0.157 e. The van der Waals surface area contributed by atoms with E-state index in [4.69, 9.17) is 14.7 Å². The van der Waals surface area contributed by atoms with E-state index in [1.807, 2.05) is 0 Å². The van der Waals surface area contributed by atoms with E-state index in [9.17, 15) is 0 Å². The molecule has 0 saturated heterocycles. The van der Waals surface area contributed by atoms with E-state index in [1.54, 1.807) is 7.11 Å². The summed E-state index contributed by atoms with van der Waals surface area (Å²) in [6.07, 6.45) is 6.56. The van der Waals surface area contributed by atoms with E-state index in [-0.39, 0.29) is 6.10 Å². The summed E-state index contributed by atoms with van der Waals surface area (Å²) in [4.78, 5) is 9.48. The molecule has 1 fully saturated rings. The van der Waals surface area contributed by atoms with Crippen LogP contribution in [0.5, 0.6) is 0 Å². The Bertz CT molecular complexity index is 455. The standard InChI is InChI=1S/C15H23N3O/c1-10-12-8-16-9-13(12)18-15(17-10)14(19-2)11-6-4-3-5-7-11/h11,14,16H,3-9H2,1-2H3. The van der Waals surface area contributed by atoms with Crippen molar-refractivity contribution in [2.45, 2.75) is 58.2 Å².